The Balaban J connectivity index is 2.09. The zero-order valence-electron chi connectivity index (χ0n) is 11.7. The van der Waals surface area contributed by atoms with Gasteiger partial charge in [0, 0.05) is 24.5 Å². The van der Waals surface area contributed by atoms with Crippen molar-refractivity contribution in [1.29, 1.82) is 0 Å². The van der Waals surface area contributed by atoms with Gasteiger partial charge in [-0.15, -0.1) is 11.3 Å². The van der Waals surface area contributed by atoms with Crippen molar-refractivity contribution in [3.63, 3.8) is 0 Å². The number of aromatic nitrogens is 1. The van der Waals surface area contributed by atoms with Crippen LogP contribution in [0.3, 0.4) is 0 Å². The first kappa shape index (κ1) is 13.8. The molecule has 2 heterocycles. The van der Waals surface area contributed by atoms with Gasteiger partial charge < -0.3 is 10.2 Å². The third-order valence-electron chi connectivity index (χ3n) is 3.51. The van der Waals surface area contributed by atoms with Crippen LogP contribution in [-0.4, -0.2) is 24.6 Å². The highest BCUT2D eigenvalue weighted by Crippen LogP contribution is 2.28. The van der Waals surface area contributed by atoms with Gasteiger partial charge in [-0.2, -0.15) is 0 Å². The molecule has 0 spiro atoms. The van der Waals surface area contributed by atoms with Gasteiger partial charge in [0.05, 0.1) is 5.69 Å². The van der Waals surface area contributed by atoms with E-state index in [1.807, 2.05) is 11.3 Å². The Morgan fingerprint density at radius 1 is 1.17 bits per heavy atom. The Morgan fingerprint density at radius 2 is 1.89 bits per heavy atom. The minimum Gasteiger partial charge on any atom is -0.348 e. The maximum Gasteiger partial charge on any atom is 0.185 e. The Morgan fingerprint density at radius 3 is 2.50 bits per heavy atom. The lowest BCUT2D eigenvalue weighted by molar-refractivity contribution is 0.726. The lowest BCUT2D eigenvalue weighted by Crippen LogP contribution is -2.23. The minimum absolute atomic E-state index is 0.977. The summed E-state index contributed by atoms with van der Waals surface area (Å²) in [6, 6.07) is 0. The maximum absolute atomic E-state index is 4.85. The summed E-state index contributed by atoms with van der Waals surface area (Å²) in [4.78, 5) is 8.77. The molecule has 0 radical (unpaired) electrons. The Bertz CT molecular complexity index is 354. The van der Waals surface area contributed by atoms with Gasteiger partial charge in [0.15, 0.2) is 5.13 Å². The molecule has 1 fully saturated rings. The topological polar surface area (TPSA) is 28.2 Å². The average Bonchev–Trinajstić information content (AvgIpc) is 2.61. The average molecular weight is 267 g/mol. The van der Waals surface area contributed by atoms with Crippen molar-refractivity contribution in [3.05, 3.63) is 10.6 Å². The van der Waals surface area contributed by atoms with E-state index in [9.17, 15) is 0 Å². The zero-order valence-corrected chi connectivity index (χ0v) is 12.5. The second-order valence-corrected chi connectivity index (χ2v) is 5.96. The van der Waals surface area contributed by atoms with Gasteiger partial charge in [0.1, 0.15) is 0 Å². The molecule has 0 aromatic carbocycles. The molecular formula is C14H25N3S. The number of anilines is 1. The number of nitrogens with zero attached hydrogens (tertiary/aromatic N) is 2. The molecule has 102 valence electrons. The number of rotatable bonds is 5. The normalized spacial score (nSPS) is 16.9. The van der Waals surface area contributed by atoms with E-state index in [0.29, 0.717) is 0 Å². The lowest BCUT2D eigenvalue weighted by Gasteiger charge is -2.18. The standard InChI is InChI=1S/C14H25N3S/c1-3-12-13(11-15-4-2)18-14(16-12)17-9-7-5-6-8-10-17/h15H,3-11H2,1-2H3. The molecule has 18 heavy (non-hydrogen) atoms. The van der Waals surface area contributed by atoms with Gasteiger partial charge in [-0.05, 0) is 25.8 Å². The fourth-order valence-electron chi connectivity index (χ4n) is 2.42. The highest BCUT2D eigenvalue weighted by molar-refractivity contribution is 7.15. The molecule has 2 rings (SSSR count). The minimum atomic E-state index is 0.977. The van der Waals surface area contributed by atoms with Gasteiger partial charge in [-0.3, -0.25) is 0 Å². The van der Waals surface area contributed by atoms with Gasteiger partial charge in [0.2, 0.25) is 0 Å². The zero-order chi connectivity index (χ0) is 12.8. The van der Waals surface area contributed by atoms with Crippen LogP contribution in [0.25, 0.3) is 0 Å². The predicted molar refractivity (Wildman–Crippen MR) is 79.6 cm³/mol. The second kappa shape index (κ2) is 7.10. The summed E-state index contributed by atoms with van der Waals surface area (Å²) in [5.74, 6) is 0. The first-order valence-corrected chi connectivity index (χ1v) is 8.11. The molecule has 0 aliphatic carbocycles. The molecule has 1 aliphatic rings. The van der Waals surface area contributed by atoms with E-state index in [1.165, 1.54) is 54.5 Å². The van der Waals surface area contributed by atoms with Crippen LogP contribution in [0, 0.1) is 0 Å². The van der Waals surface area contributed by atoms with Crippen LogP contribution in [0.4, 0.5) is 5.13 Å². The van der Waals surface area contributed by atoms with Crippen LogP contribution in [0.5, 0.6) is 0 Å². The van der Waals surface area contributed by atoms with E-state index in [-0.39, 0.29) is 0 Å². The lowest BCUT2D eigenvalue weighted by atomic mass is 10.2. The fraction of sp³-hybridized carbons (Fsp3) is 0.786. The van der Waals surface area contributed by atoms with Gasteiger partial charge in [-0.1, -0.05) is 26.7 Å². The molecule has 1 N–H and O–H groups in total. The van der Waals surface area contributed by atoms with E-state index in [0.717, 1.165) is 19.5 Å². The molecule has 0 amide bonds. The molecule has 0 saturated carbocycles. The molecule has 1 aromatic rings. The molecule has 0 unspecified atom stereocenters. The summed E-state index contributed by atoms with van der Waals surface area (Å²) in [5, 5.41) is 4.67. The summed E-state index contributed by atoms with van der Waals surface area (Å²) in [6.07, 6.45) is 6.46. The molecule has 3 nitrogen and oxygen atoms in total. The van der Waals surface area contributed by atoms with Gasteiger partial charge in [-0.25, -0.2) is 4.98 Å². The second-order valence-electron chi connectivity index (χ2n) is 4.90. The molecule has 1 saturated heterocycles. The monoisotopic (exact) mass is 267 g/mol. The molecule has 4 heteroatoms. The predicted octanol–water partition coefficient (Wildman–Crippen LogP) is 3.20. The summed E-state index contributed by atoms with van der Waals surface area (Å²) in [7, 11) is 0. The number of aryl methyl sites for hydroxylation is 1. The Labute approximate surface area is 115 Å². The van der Waals surface area contributed by atoms with E-state index in [1.54, 1.807) is 0 Å². The van der Waals surface area contributed by atoms with Crippen LogP contribution in [0.15, 0.2) is 0 Å². The number of hydrogen-bond donors (Lipinski definition) is 1. The van der Waals surface area contributed by atoms with Crippen LogP contribution < -0.4 is 10.2 Å². The van der Waals surface area contributed by atoms with Crippen LogP contribution in [0.1, 0.15) is 50.1 Å². The molecular weight excluding hydrogens is 242 g/mol. The Kier molecular flexibility index (Phi) is 5.45. The first-order valence-electron chi connectivity index (χ1n) is 7.29. The third kappa shape index (κ3) is 3.45. The number of nitrogens with one attached hydrogen (secondary N) is 1. The van der Waals surface area contributed by atoms with Crippen molar-refractivity contribution >= 4 is 16.5 Å². The molecule has 1 aromatic heterocycles. The van der Waals surface area contributed by atoms with Crippen molar-refractivity contribution in [2.24, 2.45) is 0 Å². The fourth-order valence-corrected chi connectivity index (χ4v) is 3.59. The van der Waals surface area contributed by atoms with Crippen LogP contribution >= 0.6 is 11.3 Å². The van der Waals surface area contributed by atoms with Crippen molar-refractivity contribution in [2.45, 2.75) is 52.5 Å². The van der Waals surface area contributed by atoms with Crippen molar-refractivity contribution in [3.8, 4) is 0 Å². The van der Waals surface area contributed by atoms with E-state index < -0.39 is 0 Å². The van der Waals surface area contributed by atoms with Gasteiger partial charge >= 0.3 is 0 Å². The van der Waals surface area contributed by atoms with Crippen molar-refractivity contribution in [2.75, 3.05) is 24.5 Å². The summed E-state index contributed by atoms with van der Waals surface area (Å²) < 4.78 is 0. The number of thiazole rings is 1. The number of hydrogen-bond acceptors (Lipinski definition) is 4. The van der Waals surface area contributed by atoms with Crippen molar-refractivity contribution < 1.29 is 0 Å². The quantitative estimate of drug-likeness (QED) is 0.888. The Hall–Kier alpha value is -0.610. The van der Waals surface area contributed by atoms with E-state index >= 15 is 0 Å². The summed E-state index contributed by atoms with van der Waals surface area (Å²) >= 11 is 1.89. The smallest absolute Gasteiger partial charge is 0.185 e. The maximum atomic E-state index is 4.85. The molecule has 1 aliphatic heterocycles. The van der Waals surface area contributed by atoms with Crippen LogP contribution in [-0.2, 0) is 13.0 Å². The highest BCUT2D eigenvalue weighted by atomic mass is 32.1. The molecule has 0 atom stereocenters. The van der Waals surface area contributed by atoms with Crippen LogP contribution in [0.2, 0.25) is 0 Å². The van der Waals surface area contributed by atoms with Gasteiger partial charge in [0.25, 0.3) is 0 Å². The molecule has 0 bridgehead atoms. The highest BCUT2D eigenvalue weighted by Gasteiger charge is 2.16. The SMILES string of the molecule is CCNCc1sc(N2CCCCCC2)nc1CC. The van der Waals surface area contributed by atoms with E-state index in [2.05, 4.69) is 24.1 Å². The van der Waals surface area contributed by atoms with E-state index in [4.69, 9.17) is 4.98 Å². The van der Waals surface area contributed by atoms with Crippen molar-refractivity contribution in [1.82, 2.24) is 10.3 Å². The third-order valence-corrected chi connectivity index (χ3v) is 4.67. The first-order chi connectivity index (χ1) is 8.85. The largest absolute Gasteiger partial charge is 0.348 e. The summed E-state index contributed by atoms with van der Waals surface area (Å²) in [5.41, 5.74) is 1.29. The summed E-state index contributed by atoms with van der Waals surface area (Å²) in [6.45, 7) is 8.75.